The van der Waals surface area contributed by atoms with Crippen LogP contribution in [0.5, 0.6) is 0 Å². The van der Waals surface area contributed by atoms with Crippen molar-refractivity contribution in [3.63, 3.8) is 0 Å². The summed E-state index contributed by atoms with van der Waals surface area (Å²) in [6.45, 7) is 7.36. The Morgan fingerprint density at radius 2 is 1.69 bits per heavy atom. The molecule has 2 aromatic carbocycles. The molecule has 0 N–H and O–H groups in total. The lowest BCUT2D eigenvalue weighted by atomic mass is 9.95. The minimum atomic E-state index is -0.262. The first-order chi connectivity index (χ1) is 14.1. The van der Waals surface area contributed by atoms with Gasteiger partial charge in [0, 0.05) is 56.9 Å². The largest absolute Gasteiger partial charge is 0.339 e. The molecule has 2 heterocycles. The molecular formula is C24H30FN3O. The molecule has 2 aliphatic heterocycles. The summed E-state index contributed by atoms with van der Waals surface area (Å²) in [4.78, 5) is 19.9. The summed E-state index contributed by atoms with van der Waals surface area (Å²) >= 11 is 0. The Labute approximate surface area is 172 Å². The standard InChI is InChI=1S/C24H30FN3O/c1-26-13-15-27(16-14-26)18-19-9-11-28(12-10-19)24(29)21-6-4-5-20(17-21)22-7-2-3-8-23(22)25/h2-8,17,19H,9-16,18H2,1H3. The van der Waals surface area contributed by atoms with Crippen molar-refractivity contribution in [2.75, 3.05) is 52.9 Å². The molecule has 0 radical (unpaired) electrons. The van der Waals surface area contributed by atoms with E-state index in [-0.39, 0.29) is 11.7 Å². The van der Waals surface area contributed by atoms with Crippen LogP contribution >= 0.6 is 0 Å². The average Bonchev–Trinajstić information content (AvgIpc) is 2.76. The van der Waals surface area contributed by atoms with Crippen LogP contribution in [0.1, 0.15) is 23.2 Å². The van der Waals surface area contributed by atoms with E-state index in [9.17, 15) is 9.18 Å². The van der Waals surface area contributed by atoms with Crippen molar-refractivity contribution in [2.24, 2.45) is 5.92 Å². The highest BCUT2D eigenvalue weighted by atomic mass is 19.1. The van der Waals surface area contributed by atoms with E-state index in [2.05, 4.69) is 16.8 Å². The predicted molar refractivity (Wildman–Crippen MR) is 114 cm³/mol. The van der Waals surface area contributed by atoms with Crippen molar-refractivity contribution in [1.82, 2.24) is 14.7 Å². The van der Waals surface area contributed by atoms with E-state index in [0.29, 0.717) is 17.0 Å². The summed E-state index contributed by atoms with van der Waals surface area (Å²) in [7, 11) is 2.18. The van der Waals surface area contributed by atoms with E-state index in [1.165, 1.54) is 6.07 Å². The highest BCUT2D eigenvalue weighted by Gasteiger charge is 2.26. The Kier molecular flexibility index (Phi) is 6.26. The van der Waals surface area contributed by atoms with Crippen molar-refractivity contribution in [3.8, 4) is 11.1 Å². The third kappa shape index (κ3) is 4.85. The maximum absolute atomic E-state index is 14.1. The number of carbonyl (C=O) groups is 1. The van der Waals surface area contributed by atoms with Crippen molar-refractivity contribution in [1.29, 1.82) is 0 Å². The minimum Gasteiger partial charge on any atom is -0.339 e. The lowest BCUT2D eigenvalue weighted by molar-refractivity contribution is 0.0644. The van der Waals surface area contributed by atoms with Gasteiger partial charge in [0.15, 0.2) is 0 Å². The molecule has 0 bridgehead atoms. The average molecular weight is 396 g/mol. The van der Waals surface area contributed by atoms with Gasteiger partial charge in [0.25, 0.3) is 5.91 Å². The zero-order chi connectivity index (χ0) is 20.2. The number of likely N-dealkylation sites (tertiary alicyclic amines) is 1. The van der Waals surface area contributed by atoms with Crippen molar-refractivity contribution < 1.29 is 9.18 Å². The number of piperazine rings is 1. The maximum Gasteiger partial charge on any atom is 0.253 e. The third-order valence-electron chi connectivity index (χ3n) is 6.31. The van der Waals surface area contributed by atoms with Crippen LogP contribution in [-0.4, -0.2) is 73.5 Å². The van der Waals surface area contributed by atoms with Crippen LogP contribution in [0.25, 0.3) is 11.1 Å². The van der Waals surface area contributed by atoms with Crippen LogP contribution in [-0.2, 0) is 0 Å². The molecular weight excluding hydrogens is 365 g/mol. The Morgan fingerprint density at radius 1 is 0.966 bits per heavy atom. The summed E-state index contributed by atoms with van der Waals surface area (Å²) < 4.78 is 14.1. The molecule has 0 aliphatic carbocycles. The second kappa shape index (κ2) is 9.06. The molecule has 4 rings (SSSR count). The monoisotopic (exact) mass is 395 g/mol. The predicted octanol–water partition coefficient (Wildman–Crippen LogP) is 3.59. The van der Waals surface area contributed by atoms with Gasteiger partial charge in [0.05, 0.1) is 0 Å². The number of halogens is 1. The van der Waals surface area contributed by atoms with Crippen LogP contribution in [0, 0.1) is 11.7 Å². The van der Waals surface area contributed by atoms with E-state index in [1.54, 1.807) is 12.1 Å². The van der Waals surface area contributed by atoms with Crippen molar-refractivity contribution in [3.05, 3.63) is 59.9 Å². The quantitative estimate of drug-likeness (QED) is 0.792. The van der Waals surface area contributed by atoms with Gasteiger partial charge in [-0.2, -0.15) is 0 Å². The molecule has 154 valence electrons. The number of hydrogen-bond acceptors (Lipinski definition) is 3. The SMILES string of the molecule is CN1CCN(CC2CCN(C(=O)c3cccc(-c4ccccc4F)c3)CC2)CC1. The molecule has 0 spiro atoms. The van der Waals surface area contributed by atoms with E-state index < -0.39 is 0 Å². The number of hydrogen-bond donors (Lipinski definition) is 0. The van der Waals surface area contributed by atoms with Crippen LogP contribution in [0.3, 0.4) is 0 Å². The summed E-state index contributed by atoms with van der Waals surface area (Å²) in [5.74, 6) is 0.468. The number of piperidine rings is 1. The van der Waals surface area contributed by atoms with Crippen LogP contribution in [0.2, 0.25) is 0 Å². The molecule has 0 saturated carbocycles. The van der Waals surface area contributed by atoms with Crippen molar-refractivity contribution in [2.45, 2.75) is 12.8 Å². The molecule has 2 fully saturated rings. The Bertz CT molecular complexity index is 840. The smallest absolute Gasteiger partial charge is 0.253 e. The normalized spacial score (nSPS) is 19.4. The van der Waals surface area contributed by atoms with E-state index >= 15 is 0 Å². The topological polar surface area (TPSA) is 26.8 Å². The van der Waals surface area contributed by atoms with Gasteiger partial charge in [0.1, 0.15) is 5.82 Å². The summed E-state index contributed by atoms with van der Waals surface area (Å²) in [5.41, 5.74) is 1.93. The van der Waals surface area contributed by atoms with Crippen molar-refractivity contribution >= 4 is 5.91 Å². The second-order valence-electron chi connectivity index (χ2n) is 8.40. The van der Waals surface area contributed by atoms with Crippen LogP contribution < -0.4 is 0 Å². The van der Waals surface area contributed by atoms with Gasteiger partial charge in [0.2, 0.25) is 0 Å². The molecule has 2 aliphatic rings. The first-order valence-corrected chi connectivity index (χ1v) is 10.7. The van der Waals surface area contributed by atoms with Gasteiger partial charge in [-0.1, -0.05) is 30.3 Å². The van der Waals surface area contributed by atoms with Gasteiger partial charge in [-0.05, 0) is 49.6 Å². The van der Waals surface area contributed by atoms with Gasteiger partial charge < -0.3 is 14.7 Å². The molecule has 1 amide bonds. The lowest BCUT2D eigenvalue weighted by Crippen LogP contribution is -2.48. The molecule has 4 nitrogen and oxygen atoms in total. The molecule has 0 aromatic heterocycles. The Hall–Kier alpha value is -2.24. The highest BCUT2D eigenvalue weighted by Crippen LogP contribution is 2.25. The molecule has 2 saturated heterocycles. The zero-order valence-electron chi connectivity index (χ0n) is 17.2. The van der Waals surface area contributed by atoms with Gasteiger partial charge in [-0.3, -0.25) is 4.79 Å². The molecule has 29 heavy (non-hydrogen) atoms. The Morgan fingerprint density at radius 3 is 2.41 bits per heavy atom. The van der Waals surface area contributed by atoms with Gasteiger partial charge >= 0.3 is 0 Å². The van der Waals surface area contributed by atoms with Crippen LogP contribution in [0.15, 0.2) is 48.5 Å². The molecule has 0 atom stereocenters. The Balaban J connectivity index is 1.35. The fourth-order valence-electron chi connectivity index (χ4n) is 4.41. The van der Waals surface area contributed by atoms with Gasteiger partial charge in [-0.25, -0.2) is 4.39 Å². The van der Waals surface area contributed by atoms with E-state index in [0.717, 1.165) is 64.2 Å². The molecule has 2 aromatic rings. The zero-order valence-corrected chi connectivity index (χ0v) is 17.2. The number of nitrogens with zero attached hydrogens (tertiary/aromatic N) is 3. The first-order valence-electron chi connectivity index (χ1n) is 10.7. The summed E-state index contributed by atoms with van der Waals surface area (Å²) in [5, 5.41) is 0. The lowest BCUT2D eigenvalue weighted by Gasteiger charge is -2.38. The van der Waals surface area contributed by atoms with Gasteiger partial charge in [-0.15, -0.1) is 0 Å². The molecule has 5 heteroatoms. The minimum absolute atomic E-state index is 0.0567. The fraction of sp³-hybridized carbons (Fsp3) is 0.458. The number of likely N-dealkylation sites (N-methyl/N-ethyl adjacent to an activating group) is 1. The fourth-order valence-corrected chi connectivity index (χ4v) is 4.41. The number of benzene rings is 2. The highest BCUT2D eigenvalue weighted by molar-refractivity contribution is 5.95. The van der Waals surface area contributed by atoms with E-state index in [1.807, 2.05) is 35.2 Å². The number of amides is 1. The first kappa shape index (κ1) is 20.0. The number of rotatable bonds is 4. The maximum atomic E-state index is 14.1. The second-order valence-corrected chi connectivity index (χ2v) is 8.40. The van der Waals surface area contributed by atoms with Crippen LogP contribution in [0.4, 0.5) is 4.39 Å². The summed E-state index contributed by atoms with van der Waals surface area (Å²) in [6, 6.07) is 14.1. The molecule has 0 unspecified atom stereocenters. The summed E-state index contributed by atoms with van der Waals surface area (Å²) in [6.07, 6.45) is 2.12. The van der Waals surface area contributed by atoms with E-state index in [4.69, 9.17) is 0 Å². The third-order valence-corrected chi connectivity index (χ3v) is 6.31. The number of carbonyl (C=O) groups excluding carboxylic acids is 1.